The van der Waals surface area contributed by atoms with E-state index in [4.69, 9.17) is 27.1 Å². The van der Waals surface area contributed by atoms with Gasteiger partial charge in [0.15, 0.2) is 5.82 Å². The molecule has 250 valence electrons. The second-order valence-corrected chi connectivity index (χ2v) is 14.1. The van der Waals surface area contributed by atoms with E-state index in [-0.39, 0.29) is 52.2 Å². The summed E-state index contributed by atoms with van der Waals surface area (Å²) in [5, 5.41) is 3.54. The van der Waals surface area contributed by atoms with Crippen LogP contribution in [0.3, 0.4) is 0 Å². The van der Waals surface area contributed by atoms with Gasteiger partial charge in [0.25, 0.3) is 0 Å². The van der Waals surface area contributed by atoms with Crippen LogP contribution in [0.1, 0.15) is 55.2 Å². The number of nitrogens with one attached hydrogen (secondary N) is 1. The standard InChI is InChI=1S/C33H33ClF6N6O/c1-14-8-21-20-5-4-17(42-20)12-46(21)30-24-22(14)26(34)23(18-9-19(41)27(36)15(2)25(18)33(38,39)40)28(37)29(24)43-31(44-30)47-13-32-6-3-7-45(32)11-16(35)10-32/h9,16-17,20-21,42H,1,3-8,10-13,41H2,2H3/t16-,17-,20?,21-,32+/m1/s1. The first-order valence-corrected chi connectivity index (χ1v) is 16.3. The highest BCUT2D eigenvalue weighted by Gasteiger charge is 2.50. The number of benzene rings is 2. The van der Waals surface area contributed by atoms with Gasteiger partial charge in [-0.25, -0.2) is 13.2 Å². The van der Waals surface area contributed by atoms with E-state index in [0.717, 1.165) is 45.2 Å². The monoisotopic (exact) mass is 678 g/mol. The van der Waals surface area contributed by atoms with Gasteiger partial charge in [0.2, 0.25) is 0 Å². The third-order valence-electron chi connectivity index (χ3n) is 10.9. The van der Waals surface area contributed by atoms with Gasteiger partial charge in [0, 0.05) is 54.3 Å². The van der Waals surface area contributed by atoms with Crippen LogP contribution >= 0.6 is 11.6 Å². The molecule has 4 saturated heterocycles. The third kappa shape index (κ3) is 4.63. The van der Waals surface area contributed by atoms with Gasteiger partial charge in [-0.1, -0.05) is 18.2 Å². The van der Waals surface area contributed by atoms with Gasteiger partial charge < -0.3 is 20.7 Å². The lowest BCUT2D eigenvalue weighted by atomic mass is 9.88. The van der Waals surface area contributed by atoms with Crippen LogP contribution in [0.2, 0.25) is 5.02 Å². The summed E-state index contributed by atoms with van der Waals surface area (Å²) in [6.07, 6.45) is -1.95. The summed E-state index contributed by atoms with van der Waals surface area (Å²) in [4.78, 5) is 13.4. The minimum Gasteiger partial charge on any atom is -0.461 e. The molecule has 0 radical (unpaired) electrons. The minimum atomic E-state index is -5.07. The largest absolute Gasteiger partial charge is 0.461 e. The highest BCUT2D eigenvalue weighted by molar-refractivity contribution is 6.37. The summed E-state index contributed by atoms with van der Waals surface area (Å²) in [5.41, 5.74) is 1.64. The van der Waals surface area contributed by atoms with Crippen LogP contribution in [0, 0.1) is 18.6 Å². The number of fused-ring (bicyclic) bond motifs is 6. The van der Waals surface area contributed by atoms with Crippen LogP contribution < -0.4 is 20.7 Å². The van der Waals surface area contributed by atoms with Crippen molar-refractivity contribution in [2.24, 2.45) is 0 Å². The molecule has 3 N–H and O–H groups in total. The van der Waals surface area contributed by atoms with Gasteiger partial charge in [0.1, 0.15) is 29.9 Å². The maximum Gasteiger partial charge on any atom is 0.417 e. The molecule has 2 aromatic carbocycles. The van der Waals surface area contributed by atoms with E-state index >= 15 is 4.39 Å². The molecule has 4 fully saturated rings. The molecule has 5 aliphatic heterocycles. The van der Waals surface area contributed by atoms with Gasteiger partial charge >= 0.3 is 12.2 Å². The number of halogens is 7. The molecule has 0 amide bonds. The van der Waals surface area contributed by atoms with E-state index < -0.39 is 57.5 Å². The van der Waals surface area contributed by atoms with Crippen molar-refractivity contribution in [2.75, 3.05) is 36.9 Å². The number of hydrogen-bond donors (Lipinski definition) is 2. The molecule has 47 heavy (non-hydrogen) atoms. The lowest BCUT2D eigenvalue weighted by Crippen LogP contribution is -2.58. The normalized spacial score (nSPS) is 28.6. The van der Waals surface area contributed by atoms with E-state index in [2.05, 4.69) is 26.7 Å². The SMILES string of the molecule is C=C1C[C@@H]2C3CC[C@H](CN2c2nc(OC[C@@]45CCCN4C[C@H](F)C5)nc4c(F)c(-c5cc(N)c(F)c(C)c5C(F)(F)F)c(Cl)c1c24)N3. The quantitative estimate of drug-likeness (QED) is 0.232. The lowest BCUT2D eigenvalue weighted by molar-refractivity contribution is -0.137. The van der Waals surface area contributed by atoms with Crippen molar-refractivity contribution >= 4 is 39.6 Å². The minimum absolute atomic E-state index is 0.0691. The Morgan fingerprint density at radius 1 is 1.17 bits per heavy atom. The number of piperazine rings is 1. The molecule has 3 aromatic rings. The number of nitrogens with two attached hydrogens (primary N) is 1. The summed E-state index contributed by atoms with van der Waals surface area (Å²) in [6.45, 7) is 6.89. The van der Waals surface area contributed by atoms with Crippen molar-refractivity contribution in [3.63, 3.8) is 0 Å². The Balaban J connectivity index is 1.37. The number of nitrogen functional groups attached to an aromatic ring is 1. The summed E-state index contributed by atoms with van der Waals surface area (Å²) in [7, 11) is 0. The zero-order valence-electron chi connectivity index (χ0n) is 25.6. The number of alkyl halides is 4. The van der Waals surface area contributed by atoms with E-state index in [1.807, 2.05) is 0 Å². The fraction of sp³-hybridized carbons (Fsp3) is 0.515. The van der Waals surface area contributed by atoms with Crippen molar-refractivity contribution in [2.45, 2.75) is 81.5 Å². The van der Waals surface area contributed by atoms with Gasteiger partial charge in [-0.15, -0.1) is 0 Å². The van der Waals surface area contributed by atoms with Gasteiger partial charge in [-0.05, 0) is 62.8 Å². The predicted octanol–water partition coefficient (Wildman–Crippen LogP) is 6.82. The fourth-order valence-corrected chi connectivity index (χ4v) is 9.29. The Morgan fingerprint density at radius 2 is 1.96 bits per heavy atom. The average Bonchev–Trinajstić information content (AvgIpc) is 3.64. The smallest absolute Gasteiger partial charge is 0.417 e. The Morgan fingerprint density at radius 3 is 2.72 bits per heavy atom. The molecule has 7 nitrogen and oxygen atoms in total. The number of ether oxygens (including phenoxy) is 1. The average molecular weight is 679 g/mol. The second kappa shape index (κ2) is 10.6. The maximum atomic E-state index is 17.1. The molecule has 6 heterocycles. The molecule has 0 aliphatic carbocycles. The van der Waals surface area contributed by atoms with Crippen molar-refractivity contribution in [3.8, 4) is 17.1 Å². The van der Waals surface area contributed by atoms with Crippen molar-refractivity contribution < 1.29 is 31.1 Å². The number of aromatic nitrogens is 2. The second-order valence-electron chi connectivity index (χ2n) is 13.7. The number of anilines is 2. The molecule has 1 unspecified atom stereocenters. The maximum absolute atomic E-state index is 17.1. The Hall–Kier alpha value is -3.29. The molecule has 0 spiro atoms. The van der Waals surface area contributed by atoms with Crippen LogP contribution in [-0.2, 0) is 6.18 Å². The molecule has 14 heteroatoms. The zero-order chi connectivity index (χ0) is 33.2. The highest BCUT2D eigenvalue weighted by atomic mass is 35.5. The topological polar surface area (TPSA) is 79.5 Å². The Bertz CT molecular complexity index is 1850. The van der Waals surface area contributed by atoms with Crippen LogP contribution in [0.5, 0.6) is 6.01 Å². The molecular weight excluding hydrogens is 646 g/mol. The van der Waals surface area contributed by atoms with Crippen molar-refractivity contribution in [1.82, 2.24) is 20.2 Å². The number of hydrogen-bond acceptors (Lipinski definition) is 7. The Labute approximate surface area is 272 Å². The van der Waals surface area contributed by atoms with Crippen LogP contribution in [0.4, 0.5) is 37.8 Å². The van der Waals surface area contributed by atoms with Crippen molar-refractivity contribution in [1.29, 1.82) is 0 Å². The molecule has 1 aromatic heterocycles. The van der Waals surface area contributed by atoms with Gasteiger partial charge in [-0.3, -0.25) is 4.90 Å². The van der Waals surface area contributed by atoms with E-state index in [0.29, 0.717) is 37.3 Å². The first-order chi connectivity index (χ1) is 22.3. The zero-order valence-corrected chi connectivity index (χ0v) is 26.3. The molecule has 0 saturated carbocycles. The summed E-state index contributed by atoms with van der Waals surface area (Å²) >= 11 is 6.94. The fourth-order valence-electron chi connectivity index (χ4n) is 8.88. The first-order valence-electron chi connectivity index (χ1n) is 15.9. The summed E-state index contributed by atoms with van der Waals surface area (Å²) in [6, 6.07) is 0.672. The predicted molar refractivity (Wildman–Crippen MR) is 167 cm³/mol. The number of nitrogens with zero attached hydrogens (tertiary/aromatic N) is 4. The van der Waals surface area contributed by atoms with Gasteiger partial charge in [-0.2, -0.15) is 23.1 Å². The van der Waals surface area contributed by atoms with E-state index in [1.165, 1.54) is 0 Å². The molecule has 8 rings (SSSR count). The van der Waals surface area contributed by atoms with E-state index in [9.17, 15) is 22.0 Å². The molecular formula is C33H33ClF6N6O. The third-order valence-corrected chi connectivity index (χ3v) is 11.3. The van der Waals surface area contributed by atoms with Crippen LogP contribution in [0.15, 0.2) is 12.6 Å². The lowest BCUT2D eigenvalue weighted by Gasteiger charge is -2.41. The van der Waals surface area contributed by atoms with Crippen molar-refractivity contribution in [3.05, 3.63) is 46.0 Å². The summed E-state index contributed by atoms with van der Waals surface area (Å²) < 4.78 is 96.1. The van der Waals surface area contributed by atoms with Gasteiger partial charge in [0.05, 0.1) is 27.2 Å². The Kier molecular flexibility index (Phi) is 7.00. The number of rotatable bonds is 4. The summed E-state index contributed by atoms with van der Waals surface area (Å²) in [5.74, 6) is -2.04. The molecule has 5 aliphatic rings. The molecule has 2 bridgehead atoms. The van der Waals surface area contributed by atoms with E-state index in [1.54, 1.807) is 0 Å². The van der Waals surface area contributed by atoms with Crippen LogP contribution in [-0.4, -0.2) is 70.9 Å². The molecule has 5 atom stereocenters. The highest BCUT2D eigenvalue weighted by Crippen LogP contribution is 2.52. The first kappa shape index (κ1) is 31.0. The van der Waals surface area contributed by atoms with Crippen LogP contribution in [0.25, 0.3) is 27.6 Å².